The van der Waals surface area contributed by atoms with Crippen LogP contribution in [0.3, 0.4) is 0 Å². The van der Waals surface area contributed by atoms with Crippen LogP contribution in [-0.2, 0) is 6.42 Å². The summed E-state index contributed by atoms with van der Waals surface area (Å²) in [5.74, 6) is 1.86. The maximum Gasteiger partial charge on any atom is 0.118 e. The van der Waals surface area contributed by atoms with Crippen molar-refractivity contribution < 1.29 is 5.11 Å². The van der Waals surface area contributed by atoms with Gasteiger partial charge in [0, 0.05) is 0 Å². The average Bonchev–Trinajstić information content (AvgIpc) is 2.46. The van der Waals surface area contributed by atoms with Crippen LogP contribution >= 0.6 is 0 Å². The molecular formula is C21H36O. The maximum atomic E-state index is 9.96. The van der Waals surface area contributed by atoms with E-state index in [0.29, 0.717) is 11.7 Å². The molecule has 1 aromatic carbocycles. The van der Waals surface area contributed by atoms with E-state index >= 15 is 0 Å². The average molecular weight is 305 g/mol. The third-order valence-electron chi connectivity index (χ3n) is 4.50. The van der Waals surface area contributed by atoms with Crippen LogP contribution in [0.5, 0.6) is 5.75 Å². The Bertz CT molecular complexity index is 406. The molecule has 0 saturated carbocycles. The van der Waals surface area contributed by atoms with Gasteiger partial charge in [0.15, 0.2) is 0 Å². The maximum absolute atomic E-state index is 9.96. The molecule has 1 N–H and O–H groups in total. The van der Waals surface area contributed by atoms with Gasteiger partial charge < -0.3 is 5.11 Å². The molecule has 22 heavy (non-hydrogen) atoms. The summed E-state index contributed by atoms with van der Waals surface area (Å²) in [4.78, 5) is 0. The molecule has 0 fully saturated rings. The Morgan fingerprint density at radius 1 is 0.818 bits per heavy atom. The Morgan fingerprint density at radius 2 is 1.41 bits per heavy atom. The van der Waals surface area contributed by atoms with Gasteiger partial charge in [-0.2, -0.15) is 0 Å². The van der Waals surface area contributed by atoms with Gasteiger partial charge in [-0.15, -0.1) is 0 Å². The zero-order chi connectivity index (χ0) is 16.4. The van der Waals surface area contributed by atoms with Crippen molar-refractivity contribution in [2.24, 2.45) is 5.92 Å². The Hall–Kier alpha value is -0.980. The van der Waals surface area contributed by atoms with Gasteiger partial charge in [-0.1, -0.05) is 84.8 Å². The van der Waals surface area contributed by atoms with Gasteiger partial charge in [-0.3, -0.25) is 0 Å². The van der Waals surface area contributed by atoms with E-state index < -0.39 is 0 Å². The lowest BCUT2D eigenvalue weighted by molar-refractivity contribution is 0.465. The van der Waals surface area contributed by atoms with Crippen LogP contribution in [0.1, 0.15) is 96.1 Å². The number of aryl methyl sites for hydroxylation is 1. The van der Waals surface area contributed by atoms with Crippen LogP contribution in [-0.4, -0.2) is 5.11 Å². The van der Waals surface area contributed by atoms with E-state index in [9.17, 15) is 5.11 Å². The molecule has 0 aliphatic rings. The molecule has 0 unspecified atom stereocenters. The summed E-state index contributed by atoms with van der Waals surface area (Å²) in [7, 11) is 0. The van der Waals surface area contributed by atoms with Gasteiger partial charge in [0.1, 0.15) is 5.75 Å². The van der Waals surface area contributed by atoms with E-state index in [1.165, 1.54) is 56.9 Å². The molecule has 1 heteroatoms. The van der Waals surface area contributed by atoms with Crippen LogP contribution in [0.15, 0.2) is 18.2 Å². The smallest absolute Gasteiger partial charge is 0.118 e. The van der Waals surface area contributed by atoms with Crippen molar-refractivity contribution >= 4 is 0 Å². The predicted octanol–water partition coefficient (Wildman–Crippen LogP) is 6.83. The third kappa shape index (κ3) is 7.87. The highest BCUT2D eigenvalue weighted by atomic mass is 16.3. The molecule has 0 amide bonds. The number of aromatic hydroxyl groups is 1. The summed E-state index contributed by atoms with van der Waals surface area (Å²) in [6.45, 7) is 9.03. The van der Waals surface area contributed by atoms with Crippen LogP contribution in [0.25, 0.3) is 0 Å². The van der Waals surface area contributed by atoms with Gasteiger partial charge in [0.2, 0.25) is 0 Å². The van der Waals surface area contributed by atoms with Gasteiger partial charge >= 0.3 is 0 Å². The zero-order valence-electron chi connectivity index (χ0n) is 15.2. The van der Waals surface area contributed by atoms with Crippen molar-refractivity contribution in [3.63, 3.8) is 0 Å². The highest BCUT2D eigenvalue weighted by molar-refractivity contribution is 5.37. The minimum atomic E-state index is 0.470. The number of hydrogen-bond acceptors (Lipinski definition) is 1. The number of unbranched alkanes of at least 4 members (excludes halogenated alkanes) is 6. The second kappa shape index (κ2) is 10.7. The molecular weight excluding hydrogens is 268 g/mol. The third-order valence-corrected chi connectivity index (χ3v) is 4.50. The molecule has 0 aliphatic carbocycles. The topological polar surface area (TPSA) is 20.2 Å². The van der Waals surface area contributed by atoms with Gasteiger partial charge in [-0.25, -0.2) is 0 Å². The second-order valence-electron chi connectivity index (χ2n) is 7.45. The Kier molecular flexibility index (Phi) is 9.27. The number of rotatable bonds is 11. The summed E-state index contributed by atoms with van der Waals surface area (Å²) in [6, 6.07) is 6.09. The lowest BCUT2D eigenvalue weighted by atomic mass is 9.97. The van der Waals surface area contributed by atoms with Crippen molar-refractivity contribution in [2.75, 3.05) is 0 Å². The molecule has 0 aliphatic heterocycles. The SMILES string of the molecule is CC(C)CCCCCCCCCc1cc(C(C)C)ccc1O. The molecule has 0 aromatic heterocycles. The molecule has 1 rings (SSSR count). The quantitative estimate of drug-likeness (QED) is 0.444. The summed E-state index contributed by atoms with van der Waals surface area (Å²) < 4.78 is 0. The minimum Gasteiger partial charge on any atom is -0.508 e. The van der Waals surface area contributed by atoms with Crippen molar-refractivity contribution in [1.82, 2.24) is 0 Å². The summed E-state index contributed by atoms with van der Waals surface area (Å²) in [5.41, 5.74) is 2.46. The van der Waals surface area contributed by atoms with Crippen molar-refractivity contribution in [3.05, 3.63) is 29.3 Å². The molecule has 0 spiro atoms. The van der Waals surface area contributed by atoms with E-state index in [1.807, 2.05) is 12.1 Å². The number of hydrogen-bond donors (Lipinski definition) is 1. The Labute approximate surface area is 138 Å². The van der Waals surface area contributed by atoms with Crippen LogP contribution in [0, 0.1) is 5.92 Å². The first-order valence-electron chi connectivity index (χ1n) is 9.32. The van der Waals surface area contributed by atoms with E-state index in [2.05, 4.69) is 33.8 Å². The first kappa shape index (κ1) is 19.1. The summed E-state index contributed by atoms with van der Waals surface area (Å²) >= 11 is 0. The standard InChI is InChI=1S/C21H36O/c1-17(2)12-10-8-6-5-7-9-11-13-20-16-19(18(3)4)14-15-21(20)22/h14-18,22H,5-13H2,1-4H3. The van der Waals surface area contributed by atoms with E-state index in [-0.39, 0.29) is 0 Å². The van der Waals surface area contributed by atoms with Crippen LogP contribution in [0.4, 0.5) is 0 Å². The fraction of sp³-hybridized carbons (Fsp3) is 0.714. The first-order chi connectivity index (χ1) is 10.5. The summed E-state index contributed by atoms with van der Waals surface area (Å²) in [5, 5.41) is 9.96. The van der Waals surface area contributed by atoms with E-state index in [4.69, 9.17) is 0 Å². The normalized spacial score (nSPS) is 11.5. The van der Waals surface area contributed by atoms with Crippen LogP contribution < -0.4 is 0 Å². The molecule has 1 aromatic rings. The lowest BCUT2D eigenvalue weighted by Gasteiger charge is -2.10. The molecule has 1 nitrogen and oxygen atoms in total. The van der Waals surface area contributed by atoms with Gasteiger partial charge in [-0.05, 0) is 41.9 Å². The first-order valence-corrected chi connectivity index (χ1v) is 9.32. The van der Waals surface area contributed by atoms with Crippen molar-refractivity contribution in [1.29, 1.82) is 0 Å². The van der Waals surface area contributed by atoms with Gasteiger partial charge in [0.05, 0.1) is 0 Å². The van der Waals surface area contributed by atoms with Crippen molar-refractivity contribution in [3.8, 4) is 5.75 Å². The second-order valence-corrected chi connectivity index (χ2v) is 7.45. The largest absolute Gasteiger partial charge is 0.508 e. The van der Waals surface area contributed by atoms with Crippen molar-refractivity contribution in [2.45, 2.75) is 91.4 Å². The van der Waals surface area contributed by atoms with Gasteiger partial charge in [0.25, 0.3) is 0 Å². The highest BCUT2D eigenvalue weighted by Crippen LogP contribution is 2.25. The molecule has 0 saturated heterocycles. The van der Waals surface area contributed by atoms with E-state index in [0.717, 1.165) is 17.9 Å². The Balaban J connectivity index is 2.13. The predicted molar refractivity (Wildman–Crippen MR) is 97.7 cm³/mol. The molecule has 0 bridgehead atoms. The molecule has 126 valence electrons. The fourth-order valence-corrected chi connectivity index (χ4v) is 2.92. The molecule has 0 heterocycles. The fourth-order valence-electron chi connectivity index (χ4n) is 2.92. The monoisotopic (exact) mass is 304 g/mol. The Morgan fingerprint density at radius 3 is 2.00 bits per heavy atom. The minimum absolute atomic E-state index is 0.470. The number of benzene rings is 1. The molecule has 0 atom stereocenters. The lowest BCUT2D eigenvalue weighted by Crippen LogP contribution is -1.92. The van der Waals surface area contributed by atoms with E-state index in [1.54, 1.807) is 0 Å². The summed E-state index contributed by atoms with van der Waals surface area (Å²) in [6.07, 6.45) is 11.8. The highest BCUT2D eigenvalue weighted by Gasteiger charge is 2.05. The number of phenols is 1. The zero-order valence-corrected chi connectivity index (χ0v) is 15.2. The van der Waals surface area contributed by atoms with Crippen LogP contribution in [0.2, 0.25) is 0 Å². The molecule has 0 radical (unpaired) electrons. The number of phenolic OH excluding ortho intramolecular Hbond substituents is 1.